The average molecular weight is 433 g/mol. The molecule has 0 fully saturated rings. The minimum atomic E-state index is -1.26. The van der Waals surface area contributed by atoms with Gasteiger partial charge in [-0.05, 0) is 42.0 Å². The molecule has 1 unspecified atom stereocenters. The van der Waals surface area contributed by atoms with Gasteiger partial charge in [-0.15, -0.1) is 0 Å². The fourth-order valence-electron chi connectivity index (χ4n) is 2.83. The van der Waals surface area contributed by atoms with Crippen LogP contribution >= 0.6 is 0 Å². The first-order chi connectivity index (χ1) is 15.6. The van der Waals surface area contributed by atoms with Gasteiger partial charge in [0, 0.05) is 5.56 Å². The Labute approximate surface area is 185 Å². The predicted octanol–water partition coefficient (Wildman–Crippen LogP) is 4.99. The first-order valence-electron chi connectivity index (χ1n) is 9.61. The fraction of sp³-hybridized carbons (Fsp3) is 0.167. The van der Waals surface area contributed by atoms with Crippen LogP contribution in [-0.2, 0) is 25.7 Å². The molecule has 163 valence electrons. The molecule has 3 aromatic rings. The number of methoxy groups -OCH3 is 2. The highest BCUT2D eigenvalue weighted by molar-refractivity contribution is 5.78. The van der Waals surface area contributed by atoms with Crippen molar-refractivity contribution in [1.29, 1.82) is 0 Å². The Morgan fingerprint density at radius 2 is 1.53 bits per heavy atom. The summed E-state index contributed by atoms with van der Waals surface area (Å²) in [6, 6.07) is 21.0. The van der Waals surface area contributed by atoms with Gasteiger partial charge in [0.1, 0.15) is 6.61 Å². The molecule has 0 aromatic heterocycles. The number of azo groups is 1. The fourth-order valence-corrected chi connectivity index (χ4v) is 2.83. The number of ether oxygens (including phenoxy) is 4. The van der Waals surface area contributed by atoms with E-state index >= 15 is 0 Å². The van der Waals surface area contributed by atoms with Gasteiger partial charge >= 0.3 is 12.4 Å². The van der Waals surface area contributed by atoms with Gasteiger partial charge in [-0.2, -0.15) is 10.2 Å². The minimum absolute atomic E-state index is 0.0404. The molecule has 1 radical (unpaired) electrons. The molecule has 0 spiro atoms. The molecule has 0 heterocycles. The quantitative estimate of drug-likeness (QED) is 0.330. The van der Waals surface area contributed by atoms with Crippen LogP contribution in [0.1, 0.15) is 17.2 Å². The summed E-state index contributed by atoms with van der Waals surface area (Å²) in [6.45, 7) is 1.27. The van der Waals surface area contributed by atoms with E-state index in [1.165, 1.54) is 20.7 Å². The van der Waals surface area contributed by atoms with Gasteiger partial charge < -0.3 is 18.9 Å². The van der Waals surface area contributed by atoms with Crippen molar-refractivity contribution in [3.05, 3.63) is 83.9 Å². The van der Waals surface area contributed by atoms with Crippen LogP contribution in [0, 0.1) is 0 Å². The van der Waals surface area contributed by atoms with Crippen molar-refractivity contribution in [2.75, 3.05) is 14.2 Å². The van der Waals surface area contributed by atoms with Crippen molar-refractivity contribution >= 4 is 23.8 Å². The first kappa shape index (κ1) is 22.5. The van der Waals surface area contributed by atoms with Gasteiger partial charge in [-0.1, -0.05) is 36.4 Å². The van der Waals surface area contributed by atoms with E-state index in [9.17, 15) is 9.59 Å². The Morgan fingerprint density at radius 3 is 2.16 bits per heavy atom. The highest BCUT2D eigenvalue weighted by Crippen LogP contribution is 2.28. The molecule has 1 atom stereocenters. The Bertz CT molecular complexity index is 1070. The van der Waals surface area contributed by atoms with E-state index in [0.29, 0.717) is 34.0 Å². The Balaban J connectivity index is 1.67. The summed E-state index contributed by atoms with van der Waals surface area (Å²) in [5.74, 6) is 0.334. The molecule has 32 heavy (non-hydrogen) atoms. The van der Waals surface area contributed by atoms with Crippen LogP contribution in [0.5, 0.6) is 11.5 Å². The maximum atomic E-state index is 12.6. The van der Waals surface area contributed by atoms with E-state index in [2.05, 4.69) is 10.2 Å². The third-order valence-corrected chi connectivity index (χ3v) is 4.44. The zero-order valence-corrected chi connectivity index (χ0v) is 17.6. The van der Waals surface area contributed by atoms with Crippen molar-refractivity contribution in [3.8, 4) is 11.5 Å². The summed E-state index contributed by atoms with van der Waals surface area (Å²) in [4.78, 5) is 23.4. The van der Waals surface area contributed by atoms with Crippen molar-refractivity contribution < 1.29 is 28.5 Å². The molecule has 0 bridgehead atoms. The van der Waals surface area contributed by atoms with Crippen LogP contribution in [-0.4, -0.2) is 26.7 Å². The van der Waals surface area contributed by atoms with E-state index in [0.717, 1.165) is 0 Å². The van der Waals surface area contributed by atoms with Gasteiger partial charge in [-0.25, -0.2) is 9.59 Å². The zero-order chi connectivity index (χ0) is 22.8. The lowest BCUT2D eigenvalue weighted by Gasteiger charge is -2.15. The number of carbonyl (C=O) groups is 1. The number of esters is 1. The van der Waals surface area contributed by atoms with Gasteiger partial charge in [0.2, 0.25) is 6.10 Å². The summed E-state index contributed by atoms with van der Waals surface area (Å²) < 4.78 is 20.6. The van der Waals surface area contributed by atoms with E-state index in [4.69, 9.17) is 18.9 Å². The van der Waals surface area contributed by atoms with Crippen LogP contribution in [0.15, 0.2) is 83.0 Å². The number of carbonyl (C=O) groups excluding carboxylic acids is 2. The molecule has 0 aliphatic carbocycles. The summed E-state index contributed by atoms with van der Waals surface area (Å²) in [5.41, 5.74) is 2.39. The monoisotopic (exact) mass is 433 g/mol. The van der Waals surface area contributed by atoms with Crippen LogP contribution in [0.25, 0.3) is 0 Å². The largest absolute Gasteiger partial charge is 0.493 e. The second kappa shape index (κ2) is 11.3. The van der Waals surface area contributed by atoms with E-state index in [1.54, 1.807) is 42.5 Å². The van der Waals surface area contributed by atoms with E-state index in [1.807, 2.05) is 30.3 Å². The minimum Gasteiger partial charge on any atom is -0.493 e. The molecule has 8 nitrogen and oxygen atoms in total. The molecule has 3 aromatic carbocycles. The molecule has 0 N–H and O–H groups in total. The lowest BCUT2D eigenvalue weighted by atomic mass is 10.1. The van der Waals surface area contributed by atoms with Gasteiger partial charge in [0.25, 0.3) is 0 Å². The highest BCUT2D eigenvalue weighted by Gasteiger charge is 2.24. The number of benzene rings is 3. The molecule has 0 aliphatic heterocycles. The number of hydrogen-bond acceptors (Lipinski definition) is 8. The molecular formula is C24H21N2O6. The standard InChI is InChI=1S/C24H21N2O6/c1-29-21-13-8-17(14-22(21)30-2)15-31-24(28)23(32-16-27)18-9-11-20(12-10-18)26-25-19-6-4-3-5-7-19/h3-14,23H,15H2,1-2H3. The molecule has 0 saturated carbocycles. The van der Waals surface area contributed by atoms with Gasteiger partial charge in [-0.3, -0.25) is 0 Å². The molecule has 0 aliphatic rings. The lowest BCUT2D eigenvalue weighted by Crippen LogP contribution is -2.18. The normalized spacial score (nSPS) is 11.6. The lowest BCUT2D eigenvalue weighted by molar-refractivity contribution is -0.154. The smallest absolute Gasteiger partial charge is 0.418 e. The topological polar surface area (TPSA) is 95.8 Å². The number of hydrogen-bond donors (Lipinski definition) is 0. The number of rotatable bonds is 10. The maximum absolute atomic E-state index is 12.6. The zero-order valence-electron chi connectivity index (χ0n) is 17.6. The SMILES string of the molecule is COc1ccc(COC(=O)C(O[C]=O)c2ccc(N=Nc3ccccc3)cc2)cc1OC. The van der Waals surface area contributed by atoms with Crippen molar-refractivity contribution in [2.24, 2.45) is 10.2 Å². The summed E-state index contributed by atoms with van der Waals surface area (Å²) in [7, 11) is 3.05. The van der Waals surface area contributed by atoms with E-state index in [-0.39, 0.29) is 6.61 Å². The summed E-state index contributed by atoms with van der Waals surface area (Å²) >= 11 is 0. The van der Waals surface area contributed by atoms with Crippen LogP contribution in [0.2, 0.25) is 0 Å². The van der Waals surface area contributed by atoms with Gasteiger partial charge in [0.15, 0.2) is 11.5 Å². The molecular weight excluding hydrogens is 412 g/mol. The maximum Gasteiger partial charge on any atom is 0.418 e. The second-order valence-electron chi connectivity index (χ2n) is 6.51. The predicted molar refractivity (Wildman–Crippen MR) is 116 cm³/mol. The molecule has 8 heteroatoms. The van der Waals surface area contributed by atoms with Crippen molar-refractivity contribution in [3.63, 3.8) is 0 Å². The summed E-state index contributed by atoms with van der Waals surface area (Å²) in [6.07, 6.45) is -1.26. The molecule has 0 amide bonds. The van der Waals surface area contributed by atoms with Gasteiger partial charge in [0.05, 0.1) is 25.6 Å². The van der Waals surface area contributed by atoms with Crippen molar-refractivity contribution in [1.82, 2.24) is 0 Å². The second-order valence-corrected chi connectivity index (χ2v) is 6.51. The average Bonchev–Trinajstić information content (AvgIpc) is 2.85. The van der Waals surface area contributed by atoms with Crippen LogP contribution in [0.3, 0.4) is 0 Å². The van der Waals surface area contributed by atoms with E-state index < -0.39 is 12.1 Å². The van der Waals surface area contributed by atoms with Crippen LogP contribution < -0.4 is 9.47 Å². The third-order valence-electron chi connectivity index (χ3n) is 4.44. The summed E-state index contributed by atoms with van der Waals surface area (Å²) in [5, 5.41) is 8.28. The Kier molecular flexibility index (Phi) is 7.91. The highest BCUT2D eigenvalue weighted by atomic mass is 16.6. The molecule has 3 rings (SSSR count). The number of nitrogens with zero attached hydrogens (tertiary/aromatic N) is 2. The third kappa shape index (κ3) is 5.91. The van der Waals surface area contributed by atoms with Crippen LogP contribution in [0.4, 0.5) is 11.4 Å². The van der Waals surface area contributed by atoms with Crippen molar-refractivity contribution in [2.45, 2.75) is 12.7 Å². The first-order valence-corrected chi connectivity index (χ1v) is 9.61. The Morgan fingerprint density at radius 1 is 0.875 bits per heavy atom. The Hall–Kier alpha value is -4.20. The molecule has 0 saturated heterocycles.